The largest absolute Gasteiger partial charge is 0.462 e. The fraction of sp³-hybridized carbons (Fsp3) is 0.273. The molecule has 1 amide bonds. The van der Waals surface area contributed by atoms with Crippen molar-refractivity contribution < 1.29 is 19.1 Å². The second-order valence-electron chi connectivity index (χ2n) is 6.24. The summed E-state index contributed by atoms with van der Waals surface area (Å²) in [6.07, 6.45) is 0. The topological polar surface area (TPSA) is 93.7 Å². The average Bonchev–Trinajstić information content (AvgIpc) is 3.10. The Morgan fingerprint density at radius 2 is 1.83 bits per heavy atom. The second kappa shape index (κ2) is 9.96. The van der Waals surface area contributed by atoms with Crippen molar-refractivity contribution in [1.29, 1.82) is 5.26 Å². The molecule has 0 bridgehead atoms. The van der Waals surface area contributed by atoms with Crippen molar-refractivity contribution in [2.75, 3.05) is 19.8 Å². The molecular weight excluding hydrogens is 402 g/mol. The van der Waals surface area contributed by atoms with Crippen LogP contribution in [0.5, 0.6) is 0 Å². The van der Waals surface area contributed by atoms with Crippen LogP contribution in [0.15, 0.2) is 47.5 Å². The summed E-state index contributed by atoms with van der Waals surface area (Å²) < 4.78 is 13.3. The summed E-state index contributed by atoms with van der Waals surface area (Å²) in [5.74, 6) is -0.789. The van der Waals surface area contributed by atoms with Crippen LogP contribution in [-0.2, 0) is 16.0 Å². The maximum atomic E-state index is 12.7. The van der Waals surface area contributed by atoms with Gasteiger partial charge in [-0.25, -0.2) is 4.79 Å². The first-order chi connectivity index (χ1) is 14.6. The van der Waals surface area contributed by atoms with E-state index in [2.05, 4.69) is 4.99 Å². The fourth-order valence-corrected chi connectivity index (χ4v) is 3.95. The van der Waals surface area contributed by atoms with Crippen LogP contribution in [0.25, 0.3) is 10.2 Å². The van der Waals surface area contributed by atoms with Gasteiger partial charge in [0.05, 0.1) is 40.6 Å². The highest BCUT2D eigenvalue weighted by atomic mass is 32.1. The molecule has 30 heavy (non-hydrogen) atoms. The number of aromatic nitrogens is 1. The number of ether oxygens (including phenoxy) is 2. The number of amides is 1. The summed E-state index contributed by atoms with van der Waals surface area (Å²) in [5.41, 5.74) is 2.19. The van der Waals surface area contributed by atoms with Crippen molar-refractivity contribution in [1.82, 2.24) is 4.57 Å². The molecule has 3 aromatic rings. The van der Waals surface area contributed by atoms with E-state index < -0.39 is 5.91 Å². The molecule has 7 nitrogen and oxygen atoms in total. The first kappa shape index (κ1) is 21.4. The Morgan fingerprint density at radius 3 is 2.50 bits per heavy atom. The van der Waals surface area contributed by atoms with Gasteiger partial charge in [0.15, 0.2) is 4.80 Å². The maximum absolute atomic E-state index is 12.7. The van der Waals surface area contributed by atoms with E-state index in [4.69, 9.17) is 14.7 Å². The minimum Gasteiger partial charge on any atom is -0.462 e. The number of carbonyl (C=O) groups excluding carboxylic acids is 2. The molecule has 0 radical (unpaired) electrons. The molecule has 154 valence electrons. The van der Waals surface area contributed by atoms with Crippen LogP contribution in [0.3, 0.4) is 0 Å². The molecule has 1 aromatic heterocycles. The summed E-state index contributed by atoms with van der Waals surface area (Å²) in [6.45, 7) is 5.56. The van der Waals surface area contributed by atoms with Gasteiger partial charge >= 0.3 is 5.97 Å². The fourth-order valence-electron chi connectivity index (χ4n) is 2.85. The monoisotopic (exact) mass is 423 g/mol. The molecule has 0 aliphatic heterocycles. The van der Waals surface area contributed by atoms with Gasteiger partial charge in [-0.1, -0.05) is 11.3 Å². The maximum Gasteiger partial charge on any atom is 0.338 e. The normalized spacial score (nSPS) is 11.4. The molecule has 2 aromatic carbocycles. The van der Waals surface area contributed by atoms with Crippen molar-refractivity contribution in [3.8, 4) is 6.07 Å². The van der Waals surface area contributed by atoms with Crippen LogP contribution >= 0.6 is 11.3 Å². The number of hydrogen-bond donors (Lipinski definition) is 0. The van der Waals surface area contributed by atoms with Gasteiger partial charge in [-0.05, 0) is 56.3 Å². The number of benzene rings is 2. The van der Waals surface area contributed by atoms with E-state index in [1.165, 1.54) is 11.3 Å². The van der Waals surface area contributed by atoms with Crippen molar-refractivity contribution in [3.63, 3.8) is 0 Å². The third-order valence-corrected chi connectivity index (χ3v) is 5.36. The molecule has 0 fully saturated rings. The summed E-state index contributed by atoms with van der Waals surface area (Å²) in [4.78, 5) is 29.5. The molecule has 0 N–H and O–H groups in total. The molecule has 0 aliphatic carbocycles. The van der Waals surface area contributed by atoms with Crippen LogP contribution in [0.2, 0.25) is 0 Å². The van der Waals surface area contributed by atoms with Gasteiger partial charge in [-0.2, -0.15) is 10.3 Å². The first-order valence-corrected chi connectivity index (χ1v) is 10.4. The lowest BCUT2D eigenvalue weighted by molar-refractivity contribution is 0.0526. The van der Waals surface area contributed by atoms with E-state index >= 15 is 0 Å². The van der Waals surface area contributed by atoms with Crippen molar-refractivity contribution in [2.24, 2.45) is 4.99 Å². The highest BCUT2D eigenvalue weighted by molar-refractivity contribution is 7.16. The molecule has 0 aliphatic rings. The lowest BCUT2D eigenvalue weighted by atomic mass is 10.1. The zero-order valence-corrected chi connectivity index (χ0v) is 17.6. The SMILES string of the molecule is CCOCCn1c(=NC(=O)c2ccc(C#N)cc2)sc2cc(C(=O)OCC)ccc21. The zero-order chi connectivity index (χ0) is 21.5. The molecule has 0 unspecified atom stereocenters. The van der Waals surface area contributed by atoms with E-state index in [0.29, 0.717) is 47.9 Å². The van der Waals surface area contributed by atoms with Crippen LogP contribution < -0.4 is 4.80 Å². The van der Waals surface area contributed by atoms with Crippen molar-refractivity contribution >= 4 is 33.4 Å². The van der Waals surface area contributed by atoms with E-state index in [1.54, 1.807) is 43.3 Å². The van der Waals surface area contributed by atoms with Gasteiger partial charge in [0.2, 0.25) is 0 Å². The summed E-state index contributed by atoms with van der Waals surface area (Å²) in [6, 6.07) is 13.7. The van der Waals surface area contributed by atoms with Gasteiger partial charge in [0, 0.05) is 18.7 Å². The Balaban J connectivity index is 2.04. The Kier molecular flexibility index (Phi) is 7.12. The first-order valence-electron chi connectivity index (χ1n) is 9.54. The van der Waals surface area contributed by atoms with Crippen LogP contribution in [0, 0.1) is 11.3 Å². The lowest BCUT2D eigenvalue weighted by Crippen LogP contribution is -2.19. The molecule has 8 heteroatoms. The van der Waals surface area contributed by atoms with E-state index in [-0.39, 0.29) is 5.97 Å². The second-order valence-corrected chi connectivity index (χ2v) is 7.25. The molecular formula is C22H21N3O4S. The smallest absolute Gasteiger partial charge is 0.338 e. The van der Waals surface area contributed by atoms with Gasteiger partial charge < -0.3 is 14.0 Å². The third kappa shape index (κ3) is 4.82. The van der Waals surface area contributed by atoms with Crippen molar-refractivity contribution in [2.45, 2.75) is 20.4 Å². The number of thiazole rings is 1. The third-order valence-electron chi connectivity index (χ3n) is 4.32. The summed E-state index contributed by atoms with van der Waals surface area (Å²) in [5, 5.41) is 8.91. The molecule has 0 saturated heterocycles. The zero-order valence-electron chi connectivity index (χ0n) is 16.8. The molecule has 0 saturated carbocycles. The molecule has 1 heterocycles. The molecule has 3 rings (SSSR count). The number of carbonyl (C=O) groups is 2. The van der Waals surface area contributed by atoms with E-state index in [0.717, 1.165) is 10.2 Å². The van der Waals surface area contributed by atoms with E-state index in [9.17, 15) is 9.59 Å². The number of nitrogens with zero attached hydrogens (tertiary/aromatic N) is 3. The highest BCUT2D eigenvalue weighted by Crippen LogP contribution is 2.20. The number of rotatable bonds is 7. The van der Waals surface area contributed by atoms with Gasteiger partial charge in [0.1, 0.15) is 0 Å². The highest BCUT2D eigenvalue weighted by Gasteiger charge is 2.13. The van der Waals surface area contributed by atoms with Gasteiger partial charge in [-0.15, -0.1) is 0 Å². The van der Waals surface area contributed by atoms with Crippen molar-refractivity contribution in [3.05, 3.63) is 64.0 Å². The Bertz CT molecular complexity index is 1170. The van der Waals surface area contributed by atoms with Gasteiger partial charge in [-0.3, -0.25) is 4.79 Å². The van der Waals surface area contributed by atoms with Gasteiger partial charge in [0.25, 0.3) is 5.91 Å². The van der Waals surface area contributed by atoms with Crippen LogP contribution in [-0.4, -0.2) is 36.3 Å². The Morgan fingerprint density at radius 1 is 1.10 bits per heavy atom. The number of fused-ring (bicyclic) bond motifs is 1. The Hall–Kier alpha value is -3.28. The van der Waals surface area contributed by atoms with Crippen LogP contribution in [0.4, 0.5) is 0 Å². The average molecular weight is 423 g/mol. The minimum absolute atomic E-state index is 0.301. The van der Waals surface area contributed by atoms with Crippen LogP contribution in [0.1, 0.15) is 40.1 Å². The lowest BCUT2D eigenvalue weighted by Gasteiger charge is -2.06. The number of esters is 1. The summed E-state index contributed by atoms with van der Waals surface area (Å²) >= 11 is 1.32. The number of hydrogen-bond acceptors (Lipinski definition) is 6. The number of nitriles is 1. The summed E-state index contributed by atoms with van der Waals surface area (Å²) in [7, 11) is 0. The minimum atomic E-state index is -0.401. The quantitative estimate of drug-likeness (QED) is 0.428. The predicted octanol–water partition coefficient (Wildman–Crippen LogP) is 3.53. The Labute approximate surface area is 177 Å². The van der Waals surface area contributed by atoms with E-state index in [1.807, 2.05) is 23.6 Å². The predicted molar refractivity (Wildman–Crippen MR) is 113 cm³/mol. The molecule has 0 atom stereocenters. The molecule has 0 spiro atoms. The standard InChI is InChI=1S/C22H21N3O4S/c1-3-28-12-11-25-18-10-9-17(21(27)29-4-2)13-19(18)30-22(25)24-20(26)16-7-5-15(14-23)6-8-16/h5-10,13H,3-4,11-12H2,1-2H3.